The quantitative estimate of drug-likeness (QED) is 0.845. The second-order valence-electron chi connectivity index (χ2n) is 5.25. The van der Waals surface area contributed by atoms with Gasteiger partial charge in [0.2, 0.25) is 0 Å². The van der Waals surface area contributed by atoms with E-state index >= 15 is 0 Å². The van der Waals surface area contributed by atoms with Crippen LogP contribution in [0.25, 0.3) is 0 Å². The van der Waals surface area contributed by atoms with Crippen LogP contribution in [0, 0.1) is 0 Å². The van der Waals surface area contributed by atoms with Gasteiger partial charge < -0.3 is 15.0 Å². The number of hydrogen-bond donors (Lipinski definition) is 1. The van der Waals surface area contributed by atoms with E-state index in [2.05, 4.69) is 5.32 Å². The van der Waals surface area contributed by atoms with Crippen molar-refractivity contribution in [2.45, 2.75) is 44.7 Å². The number of ether oxygens (including phenoxy) is 1. The van der Waals surface area contributed by atoms with E-state index < -0.39 is 10.8 Å². The summed E-state index contributed by atoms with van der Waals surface area (Å²) in [5.74, 6) is 1.67. The van der Waals surface area contributed by atoms with Gasteiger partial charge in [-0.25, -0.2) is 4.79 Å². The summed E-state index contributed by atoms with van der Waals surface area (Å²) in [5, 5.41) is 3.66. The topological polar surface area (TPSA) is 58.6 Å². The minimum atomic E-state index is -0.591. The third kappa shape index (κ3) is 4.45. The highest BCUT2D eigenvalue weighted by molar-refractivity contribution is 7.85. The van der Waals surface area contributed by atoms with E-state index in [0.717, 1.165) is 50.3 Å². The Hall–Kier alpha value is -0.620. The molecule has 0 aromatic rings. The van der Waals surface area contributed by atoms with E-state index in [4.69, 9.17) is 4.74 Å². The van der Waals surface area contributed by atoms with Crippen LogP contribution in [0.2, 0.25) is 0 Å². The fourth-order valence-corrected chi connectivity index (χ4v) is 4.04. The molecule has 5 nitrogen and oxygen atoms in total. The Morgan fingerprint density at radius 2 is 1.79 bits per heavy atom. The zero-order valence-corrected chi connectivity index (χ0v) is 12.4. The maximum absolute atomic E-state index is 11.6. The molecule has 110 valence electrons. The van der Waals surface area contributed by atoms with E-state index in [1.807, 2.05) is 6.92 Å². The number of piperidine rings is 1. The first kappa shape index (κ1) is 14.8. The summed E-state index contributed by atoms with van der Waals surface area (Å²) in [6.45, 7) is 3.82. The van der Waals surface area contributed by atoms with Gasteiger partial charge in [0.05, 0.1) is 6.61 Å². The second-order valence-corrected chi connectivity index (χ2v) is 6.95. The molecule has 0 saturated carbocycles. The monoisotopic (exact) mass is 288 g/mol. The van der Waals surface area contributed by atoms with Gasteiger partial charge in [-0.3, -0.25) is 4.21 Å². The summed E-state index contributed by atoms with van der Waals surface area (Å²) < 4.78 is 16.3. The molecule has 0 spiro atoms. The van der Waals surface area contributed by atoms with Crippen molar-refractivity contribution in [3.63, 3.8) is 0 Å². The van der Waals surface area contributed by atoms with E-state index in [1.165, 1.54) is 0 Å². The predicted molar refractivity (Wildman–Crippen MR) is 75.7 cm³/mol. The maximum Gasteiger partial charge on any atom is 0.409 e. The van der Waals surface area contributed by atoms with E-state index in [1.54, 1.807) is 4.90 Å². The Morgan fingerprint density at radius 1 is 1.21 bits per heavy atom. The van der Waals surface area contributed by atoms with Crippen LogP contribution in [0.5, 0.6) is 0 Å². The number of nitrogens with zero attached hydrogens (tertiary/aromatic N) is 1. The van der Waals surface area contributed by atoms with E-state index in [-0.39, 0.29) is 6.09 Å². The van der Waals surface area contributed by atoms with E-state index in [9.17, 15) is 9.00 Å². The lowest BCUT2D eigenvalue weighted by atomic mass is 10.0. The molecule has 0 radical (unpaired) electrons. The smallest absolute Gasteiger partial charge is 0.409 e. The first-order valence-electron chi connectivity index (χ1n) is 7.21. The molecule has 0 aromatic carbocycles. The van der Waals surface area contributed by atoms with Crippen LogP contribution in [0.15, 0.2) is 0 Å². The lowest BCUT2D eigenvalue weighted by Crippen LogP contribution is -2.49. The highest BCUT2D eigenvalue weighted by Crippen LogP contribution is 2.16. The van der Waals surface area contributed by atoms with Crippen molar-refractivity contribution < 1.29 is 13.7 Å². The molecule has 6 heteroatoms. The predicted octanol–water partition coefficient (Wildman–Crippen LogP) is 1.11. The summed E-state index contributed by atoms with van der Waals surface area (Å²) in [6.07, 6.45) is 3.82. The first-order chi connectivity index (χ1) is 9.19. The number of hydrogen-bond acceptors (Lipinski definition) is 4. The Bertz CT molecular complexity index is 320. The number of nitrogens with one attached hydrogen (secondary N) is 1. The van der Waals surface area contributed by atoms with Crippen LogP contribution in [0.1, 0.15) is 32.6 Å². The van der Waals surface area contributed by atoms with Crippen LogP contribution in [0.3, 0.4) is 0 Å². The summed E-state index contributed by atoms with van der Waals surface area (Å²) >= 11 is 0. The second kappa shape index (κ2) is 7.24. The van der Waals surface area contributed by atoms with Crippen molar-refractivity contribution in [1.29, 1.82) is 0 Å². The molecule has 1 N–H and O–H groups in total. The van der Waals surface area contributed by atoms with Crippen molar-refractivity contribution in [2.75, 3.05) is 31.2 Å². The van der Waals surface area contributed by atoms with Gasteiger partial charge in [-0.15, -0.1) is 0 Å². The minimum absolute atomic E-state index is 0.186. The van der Waals surface area contributed by atoms with Crippen molar-refractivity contribution in [2.24, 2.45) is 0 Å². The molecular weight excluding hydrogens is 264 g/mol. The SMILES string of the molecule is CCOC(=O)N1CCC(NC2CCS(=O)CC2)CC1. The molecule has 0 bridgehead atoms. The highest BCUT2D eigenvalue weighted by atomic mass is 32.2. The normalized spacial score (nSPS) is 29.2. The molecule has 1 amide bonds. The van der Waals surface area contributed by atoms with Crippen LogP contribution >= 0.6 is 0 Å². The van der Waals surface area contributed by atoms with Crippen molar-refractivity contribution in [3.8, 4) is 0 Å². The average molecular weight is 288 g/mol. The van der Waals surface area contributed by atoms with E-state index in [0.29, 0.717) is 18.7 Å². The molecule has 2 aliphatic rings. The molecular formula is C13H24N2O3S. The minimum Gasteiger partial charge on any atom is -0.450 e. The zero-order valence-electron chi connectivity index (χ0n) is 11.6. The zero-order chi connectivity index (χ0) is 13.7. The largest absolute Gasteiger partial charge is 0.450 e. The number of carbonyl (C=O) groups excluding carboxylic acids is 1. The Kier molecular flexibility index (Phi) is 5.63. The Labute approximate surface area is 117 Å². The molecule has 2 rings (SSSR count). The molecule has 19 heavy (non-hydrogen) atoms. The van der Waals surface area contributed by atoms with Gasteiger partial charge >= 0.3 is 6.09 Å². The summed E-state index contributed by atoms with van der Waals surface area (Å²) in [6, 6.07) is 0.999. The highest BCUT2D eigenvalue weighted by Gasteiger charge is 2.26. The fraction of sp³-hybridized carbons (Fsp3) is 0.923. The molecule has 0 aliphatic carbocycles. The first-order valence-corrected chi connectivity index (χ1v) is 8.70. The Balaban J connectivity index is 1.68. The van der Waals surface area contributed by atoms with Crippen LogP contribution in [0.4, 0.5) is 4.79 Å². The van der Waals surface area contributed by atoms with Gasteiger partial charge in [0.15, 0.2) is 0 Å². The molecule has 2 aliphatic heterocycles. The third-order valence-corrected chi connectivity index (χ3v) is 5.26. The molecule has 0 unspecified atom stereocenters. The number of rotatable bonds is 3. The number of carbonyl (C=O) groups is 1. The lowest BCUT2D eigenvalue weighted by molar-refractivity contribution is 0.0940. The van der Waals surface area contributed by atoms with Gasteiger partial charge in [-0.2, -0.15) is 0 Å². The summed E-state index contributed by atoms with van der Waals surface area (Å²) in [5.41, 5.74) is 0. The number of amides is 1. The standard InChI is InChI=1S/C13H24N2O3S/c1-2-18-13(16)15-7-3-11(4-8-15)14-12-5-9-19(17)10-6-12/h11-12,14H,2-10H2,1H3. The van der Waals surface area contributed by atoms with Crippen LogP contribution in [-0.2, 0) is 15.5 Å². The van der Waals surface area contributed by atoms with Crippen molar-refractivity contribution >= 4 is 16.9 Å². The van der Waals surface area contributed by atoms with Crippen LogP contribution in [-0.4, -0.2) is 58.5 Å². The number of likely N-dealkylation sites (tertiary alicyclic amines) is 1. The molecule has 2 heterocycles. The van der Waals surface area contributed by atoms with Gasteiger partial charge in [0, 0.05) is 47.5 Å². The fourth-order valence-electron chi connectivity index (χ4n) is 2.74. The molecule has 2 fully saturated rings. The van der Waals surface area contributed by atoms with Crippen molar-refractivity contribution in [3.05, 3.63) is 0 Å². The summed E-state index contributed by atoms with van der Waals surface area (Å²) in [7, 11) is -0.591. The van der Waals surface area contributed by atoms with Gasteiger partial charge in [0.1, 0.15) is 0 Å². The van der Waals surface area contributed by atoms with Crippen LogP contribution < -0.4 is 5.32 Å². The van der Waals surface area contributed by atoms with Gasteiger partial charge in [-0.1, -0.05) is 0 Å². The average Bonchev–Trinajstić information content (AvgIpc) is 2.42. The lowest BCUT2D eigenvalue weighted by Gasteiger charge is -2.34. The summed E-state index contributed by atoms with van der Waals surface area (Å²) in [4.78, 5) is 13.4. The van der Waals surface area contributed by atoms with Gasteiger partial charge in [-0.05, 0) is 32.6 Å². The van der Waals surface area contributed by atoms with Gasteiger partial charge in [0.25, 0.3) is 0 Å². The molecule has 0 aromatic heterocycles. The maximum atomic E-state index is 11.6. The van der Waals surface area contributed by atoms with Crippen molar-refractivity contribution in [1.82, 2.24) is 10.2 Å². The molecule has 2 saturated heterocycles. The Morgan fingerprint density at radius 3 is 2.37 bits per heavy atom. The molecule has 0 atom stereocenters. The third-order valence-electron chi connectivity index (χ3n) is 3.88.